The summed E-state index contributed by atoms with van der Waals surface area (Å²) in [6.07, 6.45) is 0. The number of carboxylic acids is 1. The van der Waals surface area contributed by atoms with Crippen molar-refractivity contribution >= 4 is 23.5 Å². The monoisotopic (exact) mass is 278 g/mol. The smallest absolute Gasteiger partial charge is 0.313 e. The van der Waals surface area contributed by atoms with Gasteiger partial charge in [0, 0.05) is 11.7 Å². The number of hydrogen-bond acceptors (Lipinski definition) is 3. The summed E-state index contributed by atoms with van der Waals surface area (Å²) in [5.74, 6) is -3.48. The molecule has 6 heteroatoms. The average molecular weight is 278 g/mol. The predicted molar refractivity (Wildman–Crippen MR) is 74.2 cm³/mol. The second-order valence-corrected chi connectivity index (χ2v) is 4.71. The minimum atomic E-state index is -1.03. The molecule has 0 saturated heterocycles. The Morgan fingerprint density at radius 3 is 2.10 bits per heavy atom. The number of carbonyl (C=O) groups is 3. The van der Waals surface area contributed by atoms with E-state index in [0.717, 1.165) is 5.56 Å². The van der Waals surface area contributed by atoms with Crippen molar-refractivity contribution in [3.63, 3.8) is 0 Å². The van der Waals surface area contributed by atoms with Crippen LogP contribution >= 0.6 is 0 Å². The Kier molecular flexibility index (Phi) is 5.25. The molecular formula is C14H18N2O4. The minimum Gasteiger partial charge on any atom is -0.481 e. The largest absolute Gasteiger partial charge is 0.481 e. The van der Waals surface area contributed by atoms with Crippen LogP contribution in [0.2, 0.25) is 0 Å². The zero-order valence-electron chi connectivity index (χ0n) is 11.6. The Morgan fingerprint density at radius 1 is 1.05 bits per heavy atom. The van der Waals surface area contributed by atoms with E-state index in [9.17, 15) is 14.4 Å². The Morgan fingerprint density at radius 2 is 1.60 bits per heavy atom. The molecule has 2 amide bonds. The van der Waals surface area contributed by atoms with E-state index in [2.05, 4.69) is 10.6 Å². The third-order valence-electron chi connectivity index (χ3n) is 3.01. The number of carboxylic acid groups (broad SMARTS) is 1. The van der Waals surface area contributed by atoms with E-state index in [4.69, 9.17) is 5.11 Å². The summed E-state index contributed by atoms with van der Waals surface area (Å²) in [5, 5.41) is 13.6. The molecule has 0 aliphatic heterocycles. The molecule has 1 aromatic carbocycles. The van der Waals surface area contributed by atoms with Gasteiger partial charge in [-0.3, -0.25) is 14.4 Å². The van der Waals surface area contributed by atoms with Gasteiger partial charge < -0.3 is 15.7 Å². The minimum absolute atomic E-state index is 0.509. The summed E-state index contributed by atoms with van der Waals surface area (Å²) in [4.78, 5) is 34.1. The topological polar surface area (TPSA) is 95.5 Å². The van der Waals surface area contributed by atoms with Gasteiger partial charge in [0.2, 0.25) is 0 Å². The second kappa shape index (κ2) is 6.70. The van der Waals surface area contributed by atoms with Crippen molar-refractivity contribution in [2.45, 2.75) is 26.8 Å². The first-order chi connectivity index (χ1) is 9.31. The van der Waals surface area contributed by atoms with Crippen molar-refractivity contribution in [3.05, 3.63) is 29.8 Å². The lowest BCUT2D eigenvalue weighted by molar-refractivity contribution is -0.143. The Labute approximate surface area is 117 Å². The van der Waals surface area contributed by atoms with Gasteiger partial charge in [0.25, 0.3) is 0 Å². The molecule has 0 radical (unpaired) electrons. The summed E-state index contributed by atoms with van der Waals surface area (Å²) >= 11 is 0. The Hall–Kier alpha value is -2.37. The summed E-state index contributed by atoms with van der Waals surface area (Å²) in [5.41, 5.74) is 1.55. The average Bonchev–Trinajstić information content (AvgIpc) is 2.40. The van der Waals surface area contributed by atoms with E-state index < -0.39 is 29.7 Å². The van der Waals surface area contributed by atoms with Gasteiger partial charge in [-0.15, -0.1) is 0 Å². The maximum atomic E-state index is 11.7. The standard InChI is InChI=1S/C14H18N2O4/c1-8-4-6-11(7-5-8)16-13(18)12(17)15-10(3)9(2)14(19)20/h4-7,9-10H,1-3H3,(H,15,17)(H,16,18)(H,19,20). The quantitative estimate of drug-likeness (QED) is 0.720. The van der Waals surface area contributed by atoms with E-state index in [-0.39, 0.29) is 0 Å². The maximum Gasteiger partial charge on any atom is 0.313 e. The molecule has 0 aliphatic rings. The van der Waals surface area contributed by atoms with Crippen molar-refractivity contribution in [1.82, 2.24) is 5.32 Å². The fourth-order valence-electron chi connectivity index (χ4n) is 1.44. The van der Waals surface area contributed by atoms with Gasteiger partial charge in [0.05, 0.1) is 5.92 Å². The van der Waals surface area contributed by atoms with Gasteiger partial charge in [-0.1, -0.05) is 17.7 Å². The second-order valence-electron chi connectivity index (χ2n) is 4.71. The number of amides is 2. The zero-order chi connectivity index (χ0) is 15.3. The number of aliphatic carboxylic acids is 1. The number of hydrogen-bond donors (Lipinski definition) is 3. The third kappa shape index (κ3) is 4.38. The van der Waals surface area contributed by atoms with Gasteiger partial charge in [-0.05, 0) is 32.9 Å². The van der Waals surface area contributed by atoms with E-state index >= 15 is 0 Å². The van der Waals surface area contributed by atoms with Crippen LogP contribution in [0, 0.1) is 12.8 Å². The summed E-state index contributed by atoms with van der Waals surface area (Å²) in [6, 6.07) is 6.35. The molecule has 0 spiro atoms. The predicted octanol–water partition coefficient (Wildman–Crippen LogP) is 1.16. The van der Waals surface area contributed by atoms with Crippen LogP contribution in [0.1, 0.15) is 19.4 Å². The first-order valence-electron chi connectivity index (χ1n) is 6.22. The first kappa shape index (κ1) is 15.7. The molecule has 0 aliphatic carbocycles. The number of nitrogens with one attached hydrogen (secondary N) is 2. The fraction of sp³-hybridized carbons (Fsp3) is 0.357. The van der Waals surface area contributed by atoms with Crippen molar-refractivity contribution in [2.24, 2.45) is 5.92 Å². The fourth-order valence-corrected chi connectivity index (χ4v) is 1.44. The lowest BCUT2D eigenvalue weighted by Gasteiger charge is -2.17. The number of carbonyl (C=O) groups excluding carboxylic acids is 2. The number of rotatable bonds is 4. The number of benzene rings is 1. The van der Waals surface area contributed by atoms with Crippen LogP contribution in [0.5, 0.6) is 0 Å². The molecule has 3 N–H and O–H groups in total. The third-order valence-corrected chi connectivity index (χ3v) is 3.01. The van der Waals surface area contributed by atoms with Gasteiger partial charge in [-0.25, -0.2) is 0 Å². The highest BCUT2D eigenvalue weighted by Crippen LogP contribution is 2.08. The van der Waals surface area contributed by atoms with Gasteiger partial charge >= 0.3 is 17.8 Å². The van der Waals surface area contributed by atoms with Gasteiger partial charge in [0.15, 0.2) is 0 Å². The van der Waals surface area contributed by atoms with Crippen LogP contribution in [0.25, 0.3) is 0 Å². The van der Waals surface area contributed by atoms with E-state index in [0.29, 0.717) is 5.69 Å². The van der Waals surface area contributed by atoms with Crippen LogP contribution in [-0.2, 0) is 14.4 Å². The SMILES string of the molecule is Cc1ccc(NC(=O)C(=O)NC(C)C(C)C(=O)O)cc1. The molecule has 0 fully saturated rings. The van der Waals surface area contributed by atoms with Crippen LogP contribution in [0.15, 0.2) is 24.3 Å². The van der Waals surface area contributed by atoms with Crippen molar-refractivity contribution in [2.75, 3.05) is 5.32 Å². The highest BCUT2D eigenvalue weighted by atomic mass is 16.4. The maximum absolute atomic E-state index is 11.7. The van der Waals surface area contributed by atoms with Crippen molar-refractivity contribution in [1.29, 1.82) is 0 Å². The molecule has 0 saturated carbocycles. The van der Waals surface area contributed by atoms with Gasteiger partial charge in [0.1, 0.15) is 0 Å². The molecule has 1 rings (SSSR count). The molecular weight excluding hydrogens is 260 g/mol. The Bertz CT molecular complexity index is 510. The molecule has 2 atom stereocenters. The van der Waals surface area contributed by atoms with Crippen molar-refractivity contribution < 1.29 is 19.5 Å². The first-order valence-corrected chi connectivity index (χ1v) is 6.22. The van der Waals surface area contributed by atoms with E-state index in [1.807, 2.05) is 19.1 Å². The number of aryl methyl sites for hydroxylation is 1. The summed E-state index contributed by atoms with van der Waals surface area (Å²) in [6.45, 7) is 4.91. The molecule has 0 aromatic heterocycles. The highest BCUT2D eigenvalue weighted by Gasteiger charge is 2.23. The van der Waals surface area contributed by atoms with Crippen LogP contribution in [0.3, 0.4) is 0 Å². The lowest BCUT2D eigenvalue weighted by atomic mass is 10.0. The molecule has 6 nitrogen and oxygen atoms in total. The summed E-state index contributed by atoms with van der Waals surface area (Å²) < 4.78 is 0. The molecule has 108 valence electrons. The van der Waals surface area contributed by atoms with Crippen LogP contribution in [0.4, 0.5) is 5.69 Å². The Balaban J connectivity index is 2.57. The molecule has 20 heavy (non-hydrogen) atoms. The molecule has 0 bridgehead atoms. The highest BCUT2D eigenvalue weighted by molar-refractivity contribution is 6.39. The molecule has 2 unspecified atom stereocenters. The van der Waals surface area contributed by atoms with Crippen LogP contribution in [-0.4, -0.2) is 28.9 Å². The number of anilines is 1. The summed E-state index contributed by atoms with van der Waals surface area (Å²) in [7, 11) is 0. The molecule has 1 aromatic rings. The lowest BCUT2D eigenvalue weighted by Crippen LogP contribution is -2.44. The van der Waals surface area contributed by atoms with Crippen LogP contribution < -0.4 is 10.6 Å². The normalized spacial score (nSPS) is 13.2. The van der Waals surface area contributed by atoms with Gasteiger partial charge in [-0.2, -0.15) is 0 Å². The molecule has 0 heterocycles. The zero-order valence-corrected chi connectivity index (χ0v) is 11.6. The van der Waals surface area contributed by atoms with Crippen molar-refractivity contribution in [3.8, 4) is 0 Å². The van der Waals surface area contributed by atoms with E-state index in [1.165, 1.54) is 13.8 Å². The van der Waals surface area contributed by atoms with E-state index in [1.54, 1.807) is 12.1 Å².